The zero-order valence-corrected chi connectivity index (χ0v) is 19.0. The summed E-state index contributed by atoms with van der Waals surface area (Å²) in [5.41, 5.74) is 3.57. The lowest BCUT2D eigenvalue weighted by Gasteiger charge is -2.36. The maximum atomic E-state index is 12.6. The van der Waals surface area contributed by atoms with E-state index in [4.69, 9.17) is 0 Å². The van der Waals surface area contributed by atoms with Crippen molar-refractivity contribution in [2.75, 3.05) is 6.54 Å². The largest absolute Gasteiger partial charge is 0.357 e. The predicted molar refractivity (Wildman–Crippen MR) is 129 cm³/mol. The van der Waals surface area contributed by atoms with Crippen molar-refractivity contribution in [2.24, 2.45) is 5.92 Å². The zero-order chi connectivity index (χ0) is 22.9. The molecule has 7 heteroatoms. The first-order chi connectivity index (χ1) is 16.0. The second-order valence-corrected chi connectivity index (χ2v) is 9.26. The average molecular weight is 444 g/mol. The van der Waals surface area contributed by atoms with Gasteiger partial charge in [-0.15, -0.1) is 0 Å². The van der Waals surface area contributed by atoms with E-state index in [0.717, 1.165) is 30.1 Å². The number of nitrogens with one attached hydrogen (secondary N) is 2. The molecular formula is C26H29N5O2. The van der Waals surface area contributed by atoms with Crippen LogP contribution < -0.4 is 10.9 Å². The number of benzene rings is 1. The van der Waals surface area contributed by atoms with E-state index < -0.39 is 0 Å². The van der Waals surface area contributed by atoms with Crippen molar-refractivity contribution >= 4 is 22.5 Å². The molecule has 1 amide bonds. The molecule has 4 heterocycles. The number of piperidine rings is 1. The Labute approximate surface area is 192 Å². The molecule has 3 aromatic heterocycles. The van der Waals surface area contributed by atoms with E-state index in [2.05, 4.69) is 52.2 Å². The topological polar surface area (TPSA) is 82.5 Å². The van der Waals surface area contributed by atoms with Crippen molar-refractivity contribution in [3.8, 4) is 0 Å². The molecule has 0 saturated carbocycles. The van der Waals surface area contributed by atoms with Gasteiger partial charge in [0.1, 0.15) is 11.3 Å². The fraction of sp³-hybridized carbons (Fsp3) is 0.346. The lowest BCUT2D eigenvalue weighted by Crippen LogP contribution is -2.39. The third kappa shape index (κ3) is 4.54. The number of nitrogens with zero attached hydrogens (tertiary/aromatic N) is 3. The molecule has 1 saturated heterocycles. The van der Waals surface area contributed by atoms with Crippen LogP contribution in [0.4, 0.5) is 0 Å². The van der Waals surface area contributed by atoms with Crippen molar-refractivity contribution in [2.45, 2.75) is 45.8 Å². The molecule has 2 N–H and O–H groups in total. The van der Waals surface area contributed by atoms with Crippen LogP contribution in [0.1, 0.15) is 48.4 Å². The van der Waals surface area contributed by atoms with Gasteiger partial charge in [-0.1, -0.05) is 25.1 Å². The molecule has 7 nitrogen and oxygen atoms in total. The van der Waals surface area contributed by atoms with Crippen molar-refractivity contribution in [1.29, 1.82) is 0 Å². The summed E-state index contributed by atoms with van der Waals surface area (Å²) in [5, 5.41) is 4.05. The molecule has 5 rings (SSSR count). The van der Waals surface area contributed by atoms with Crippen molar-refractivity contribution in [3.05, 3.63) is 82.0 Å². The maximum Gasteiger partial charge on any atom is 0.270 e. The average Bonchev–Trinajstić information content (AvgIpc) is 3.21. The number of hydrogen-bond donors (Lipinski definition) is 2. The molecule has 1 aliphatic rings. The minimum Gasteiger partial charge on any atom is -0.357 e. The highest BCUT2D eigenvalue weighted by atomic mass is 16.2. The summed E-state index contributed by atoms with van der Waals surface area (Å²) in [4.78, 5) is 35.3. The van der Waals surface area contributed by atoms with E-state index in [-0.39, 0.29) is 17.2 Å². The lowest BCUT2D eigenvalue weighted by atomic mass is 9.93. The minimum atomic E-state index is -0.362. The van der Waals surface area contributed by atoms with Gasteiger partial charge in [0.15, 0.2) is 0 Å². The van der Waals surface area contributed by atoms with Gasteiger partial charge in [0.05, 0.1) is 0 Å². The number of likely N-dealkylation sites (tertiary alicyclic amines) is 1. The quantitative estimate of drug-likeness (QED) is 0.492. The lowest BCUT2D eigenvalue weighted by molar-refractivity contribution is 0.0946. The standard InChI is InChI=1S/C26H29N5O2/c1-17-8-10-30(18(2)11-17)16-21-13-20-7-6-19(12-22(20)28-21)15-27-26(33)23-14-25(32)31-9-4-3-5-24(31)29-23/h3-7,9,12-14,17-18,28H,8,10-11,15-16H2,1-2H3,(H,27,33)/t17-,18-/m1/s1. The molecule has 0 spiro atoms. The smallest absolute Gasteiger partial charge is 0.270 e. The van der Waals surface area contributed by atoms with E-state index in [0.29, 0.717) is 18.2 Å². The second kappa shape index (κ2) is 8.83. The highest BCUT2D eigenvalue weighted by Gasteiger charge is 2.23. The Balaban J connectivity index is 1.27. The van der Waals surface area contributed by atoms with Gasteiger partial charge in [-0.25, -0.2) is 4.98 Å². The van der Waals surface area contributed by atoms with Crippen LogP contribution in [0.3, 0.4) is 0 Å². The van der Waals surface area contributed by atoms with Crippen molar-refractivity contribution in [1.82, 2.24) is 24.6 Å². The van der Waals surface area contributed by atoms with Crippen LogP contribution in [-0.4, -0.2) is 37.8 Å². The Morgan fingerprint density at radius 3 is 2.91 bits per heavy atom. The molecule has 170 valence electrons. The van der Waals surface area contributed by atoms with E-state index in [9.17, 15) is 9.59 Å². The van der Waals surface area contributed by atoms with Gasteiger partial charge in [-0.05, 0) is 67.4 Å². The van der Waals surface area contributed by atoms with Crippen LogP contribution in [0.2, 0.25) is 0 Å². The monoisotopic (exact) mass is 443 g/mol. The van der Waals surface area contributed by atoms with E-state index in [1.807, 2.05) is 6.07 Å². The van der Waals surface area contributed by atoms with Gasteiger partial charge < -0.3 is 10.3 Å². The van der Waals surface area contributed by atoms with Gasteiger partial charge in [0.25, 0.3) is 11.5 Å². The molecule has 1 aliphatic heterocycles. The molecular weight excluding hydrogens is 414 g/mol. The second-order valence-electron chi connectivity index (χ2n) is 9.26. The summed E-state index contributed by atoms with van der Waals surface area (Å²) in [6.45, 7) is 7.09. The molecule has 0 aliphatic carbocycles. The summed E-state index contributed by atoms with van der Waals surface area (Å²) in [5.74, 6) is 0.444. The van der Waals surface area contributed by atoms with Gasteiger partial charge in [-0.2, -0.15) is 0 Å². The number of H-pyrrole nitrogens is 1. The number of rotatable bonds is 5. The summed E-state index contributed by atoms with van der Waals surface area (Å²) in [6.07, 6.45) is 4.15. The van der Waals surface area contributed by atoms with Crippen LogP contribution in [0.5, 0.6) is 0 Å². The third-order valence-corrected chi connectivity index (χ3v) is 6.65. The Morgan fingerprint density at radius 1 is 1.18 bits per heavy atom. The summed E-state index contributed by atoms with van der Waals surface area (Å²) in [7, 11) is 0. The first kappa shape index (κ1) is 21.4. The molecule has 2 atom stereocenters. The van der Waals surface area contributed by atoms with Gasteiger partial charge in [-0.3, -0.25) is 18.9 Å². The molecule has 4 aromatic rings. The Bertz CT molecular complexity index is 1370. The number of carbonyl (C=O) groups is 1. The molecule has 0 unspecified atom stereocenters. The van der Waals surface area contributed by atoms with E-state index >= 15 is 0 Å². The Hall–Kier alpha value is -3.45. The summed E-state index contributed by atoms with van der Waals surface area (Å²) in [6, 6.07) is 15.5. The molecule has 1 aromatic carbocycles. The summed E-state index contributed by atoms with van der Waals surface area (Å²) < 4.78 is 1.42. The van der Waals surface area contributed by atoms with E-state index in [1.165, 1.54) is 34.4 Å². The van der Waals surface area contributed by atoms with Gasteiger partial charge in [0, 0.05) is 42.6 Å². The van der Waals surface area contributed by atoms with E-state index in [1.54, 1.807) is 24.4 Å². The minimum absolute atomic E-state index is 0.124. The highest BCUT2D eigenvalue weighted by Crippen LogP contribution is 2.25. The molecule has 33 heavy (non-hydrogen) atoms. The SMILES string of the molecule is C[C@@H]1CCN(Cc2cc3ccc(CNC(=O)c4cc(=O)n5ccccc5n4)cc3[nH]2)[C@H](C)C1. The van der Waals surface area contributed by atoms with Crippen molar-refractivity contribution < 1.29 is 4.79 Å². The first-order valence-corrected chi connectivity index (χ1v) is 11.6. The third-order valence-electron chi connectivity index (χ3n) is 6.65. The number of amides is 1. The normalized spacial score (nSPS) is 19.2. The number of fused-ring (bicyclic) bond motifs is 2. The number of aromatic nitrogens is 3. The first-order valence-electron chi connectivity index (χ1n) is 11.6. The number of hydrogen-bond acceptors (Lipinski definition) is 4. The Kier molecular flexibility index (Phi) is 5.72. The summed E-state index contributed by atoms with van der Waals surface area (Å²) >= 11 is 0. The van der Waals surface area contributed by atoms with Crippen LogP contribution >= 0.6 is 0 Å². The Morgan fingerprint density at radius 2 is 2.06 bits per heavy atom. The maximum absolute atomic E-state index is 12.6. The molecule has 1 fully saturated rings. The number of pyridine rings is 1. The van der Waals surface area contributed by atoms with Gasteiger partial charge in [0.2, 0.25) is 0 Å². The number of aromatic amines is 1. The molecule has 0 bridgehead atoms. The predicted octanol–water partition coefficient (Wildman–Crippen LogP) is 3.73. The molecule has 0 radical (unpaired) electrons. The zero-order valence-electron chi connectivity index (χ0n) is 19.0. The fourth-order valence-electron chi connectivity index (χ4n) is 4.78. The van der Waals surface area contributed by atoms with Crippen LogP contribution in [0.25, 0.3) is 16.6 Å². The van der Waals surface area contributed by atoms with Crippen LogP contribution in [0, 0.1) is 5.92 Å². The highest BCUT2D eigenvalue weighted by molar-refractivity contribution is 5.92. The number of carbonyl (C=O) groups excluding carboxylic acids is 1. The van der Waals surface area contributed by atoms with Gasteiger partial charge >= 0.3 is 0 Å². The van der Waals surface area contributed by atoms with Crippen molar-refractivity contribution in [3.63, 3.8) is 0 Å². The fourth-order valence-corrected chi connectivity index (χ4v) is 4.78. The van der Waals surface area contributed by atoms with Crippen LogP contribution in [-0.2, 0) is 13.1 Å². The van der Waals surface area contributed by atoms with Crippen LogP contribution in [0.15, 0.2) is 59.5 Å².